The van der Waals surface area contributed by atoms with Crippen LogP contribution in [0.15, 0.2) is 66.7 Å². The summed E-state index contributed by atoms with van der Waals surface area (Å²) in [6.45, 7) is 7.97. The Morgan fingerprint density at radius 2 is 1.81 bits per heavy atom. The Bertz CT molecular complexity index is 731. The first-order valence-electron chi connectivity index (χ1n) is 8.67. The molecule has 138 valence electrons. The molecule has 2 aromatic carbocycles. The van der Waals surface area contributed by atoms with Gasteiger partial charge in [0.2, 0.25) is 0 Å². The van der Waals surface area contributed by atoms with Crippen LogP contribution in [0.2, 0.25) is 0 Å². The van der Waals surface area contributed by atoms with Crippen molar-refractivity contribution in [2.45, 2.75) is 32.4 Å². The maximum Gasteiger partial charge on any atom is 0.325 e. The van der Waals surface area contributed by atoms with Crippen molar-refractivity contribution >= 4 is 11.7 Å². The average Bonchev–Trinajstić information content (AvgIpc) is 2.65. The van der Waals surface area contributed by atoms with Crippen LogP contribution in [0.5, 0.6) is 0 Å². The zero-order chi connectivity index (χ0) is 18.9. The molecule has 26 heavy (non-hydrogen) atoms. The first-order chi connectivity index (χ1) is 12.5. The lowest BCUT2D eigenvalue weighted by molar-refractivity contribution is -0.145. The van der Waals surface area contributed by atoms with Crippen molar-refractivity contribution < 1.29 is 14.6 Å². The number of carbonyl (C=O) groups is 1. The summed E-state index contributed by atoms with van der Waals surface area (Å²) in [5, 5.41) is 10.6. The van der Waals surface area contributed by atoms with Crippen molar-refractivity contribution in [3.63, 3.8) is 0 Å². The van der Waals surface area contributed by atoms with Crippen LogP contribution < -0.4 is 10.9 Å². The standard InChI is InChI=1S/C21H26N2O3/c1-4-26-21(25)19(23-22-17-11-6-5-7-12-17)14-16(3)20(24)18-13-9-8-10-15(18)2/h5-13,19-20,22-24H,3-4,14H2,1-2H3. The largest absolute Gasteiger partial charge is 0.465 e. The van der Waals surface area contributed by atoms with E-state index in [4.69, 9.17) is 4.74 Å². The second kappa shape index (κ2) is 9.75. The molecule has 2 unspecified atom stereocenters. The quantitative estimate of drug-likeness (QED) is 0.365. The molecule has 2 rings (SSSR count). The highest BCUT2D eigenvalue weighted by Crippen LogP contribution is 2.26. The number of rotatable bonds is 9. The zero-order valence-corrected chi connectivity index (χ0v) is 15.2. The maximum absolute atomic E-state index is 12.3. The Kier molecular flexibility index (Phi) is 7.38. The molecule has 5 heteroatoms. The Labute approximate surface area is 154 Å². The molecule has 0 aliphatic heterocycles. The molecule has 0 fully saturated rings. The third kappa shape index (κ3) is 5.44. The number of benzene rings is 2. The fraction of sp³-hybridized carbons (Fsp3) is 0.286. The van der Waals surface area contributed by atoms with Gasteiger partial charge in [0, 0.05) is 5.69 Å². The van der Waals surface area contributed by atoms with Crippen molar-refractivity contribution in [3.8, 4) is 0 Å². The number of hydrazine groups is 1. The predicted octanol–water partition coefficient (Wildman–Crippen LogP) is 3.52. The molecular formula is C21H26N2O3. The number of aliphatic hydroxyl groups excluding tert-OH is 1. The van der Waals surface area contributed by atoms with Crippen LogP contribution in [0.1, 0.15) is 30.6 Å². The van der Waals surface area contributed by atoms with Crippen LogP contribution in [0.4, 0.5) is 5.69 Å². The monoisotopic (exact) mass is 354 g/mol. The summed E-state index contributed by atoms with van der Waals surface area (Å²) in [5.41, 5.74) is 9.11. The smallest absolute Gasteiger partial charge is 0.325 e. The lowest BCUT2D eigenvalue weighted by Crippen LogP contribution is -2.42. The molecule has 0 aromatic heterocycles. The number of ether oxygens (including phenoxy) is 1. The summed E-state index contributed by atoms with van der Waals surface area (Å²) >= 11 is 0. The Balaban J connectivity index is 2.06. The predicted molar refractivity (Wildman–Crippen MR) is 104 cm³/mol. The molecule has 0 saturated carbocycles. The first-order valence-corrected chi connectivity index (χ1v) is 8.67. The minimum Gasteiger partial charge on any atom is -0.465 e. The van der Waals surface area contributed by atoms with E-state index in [0.29, 0.717) is 5.57 Å². The van der Waals surface area contributed by atoms with Crippen LogP contribution >= 0.6 is 0 Å². The third-order valence-electron chi connectivity index (χ3n) is 4.07. The fourth-order valence-electron chi connectivity index (χ4n) is 2.62. The molecule has 3 N–H and O–H groups in total. The number of aliphatic hydroxyl groups is 1. The summed E-state index contributed by atoms with van der Waals surface area (Å²) in [7, 11) is 0. The third-order valence-corrected chi connectivity index (χ3v) is 4.07. The minimum absolute atomic E-state index is 0.244. The van der Waals surface area contributed by atoms with Gasteiger partial charge < -0.3 is 15.3 Å². The van der Waals surface area contributed by atoms with Gasteiger partial charge in [-0.05, 0) is 49.1 Å². The highest BCUT2D eigenvalue weighted by Gasteiger charge is 2.24. The molecule has 0 heterocycles. The van der Waals surface area contributed by atoms with E-state index in [-0.39, 0.29) is 13.0 Å². The Morgan fingerprint density at radius 1 is 1.15 bits per heavy atom. The number of hydrogen-bond acceptors (Lipinski definition) is 5. The number of nitrogens with one attached hydrogen (secondary N) is 2. The van der Waals surface area contributed by atoms with Gasteiger partial charge >= 0.3 is 5.97 Å². The van der Waals surface area contributed by atoms with E-state index in [1.807, 2.05) is 61.5 Å². The number of esters is 1. The van der Waals surface area contributed by atoms with Gasteiger partial charge in [0.05, 0.1) is 6.61 Å². The molecule has 0 bridgehead atoms. The van der Waals surface area contributed by atoms with E-state index in [1.54, 1.807) is 6.92 Å². The molecule has 2 aromatic rings. The topological polar surface area (TPSA) is 70.6 Å². The van der Waals surface area contributed by atoms with Gasteiger partial charge in [0.1, 0.15) is 12.1 Å². The number of para-hydroxylation sites is 1. The lowest BCUT2D eigenvalue weighted by Gasteiger charge is -2.22. The van der Waals surface area contributed by atoms with Gasteiger partial charge in [-0.1, -0.05) is 49.0 Å². The van der Waals surface area contributed by atoms with Crippen molar-refractivity contribution in [2.24, 2.45) is 0 Å². The van der Waals surface area contributed by atoms with Gasteiger partial charge in [-0.2, -0.15) is 0 Å². The van der Waals surface area contributed by atoms with E-state index in [9.17, 15) is 9.90 Å². The molecule has 0 amide bonds. The highest BCUT2D eigenvalue weighted by atomic mass is 16.5. The van der Waals surface area contributed by atoms with Crippen LogP contribution in [-0.4, -0.2) is 23.7 Å². The maximum atomic E-state index is 12.3. The van der Waals surface area contributed by atoms with E-state index in [2.05, 4.69) is 17.4 Å². The normalized spacial score (nSPS) is 12.9. The number of aryl methyl sites for hydroxylation is 1. The highest BCUT2D eigenvalue weighted by molar-refractivity contribution is 5.76. The van der Waals surface area contributed by atoms with Crippen LogP contribution in [-0.2, 0) is 9.53 Å². The van der Waals surface area contributed by atoms with Crippen molar-refractivity contribution in [2.75, 3.05) is 12.0 Å². The molecule has 0 saturated heterocycles. The molecule has 2 atom stereocenters. The lowest BCUT2D eigenvalue weighted by atomic mass is 9.94. The van der Waals surface area contributed by atoms with Gasteiger partial charge in [0.15, 0.2) is 0 Å². The van der Waals surface area contributed by atoms with Crippen LogP contribution in [0.3, 0.4) is 0 Å². The van der Waals surface area contributed by atoms with E-state index < -0.39 is 18.1 Å². The van der Waals surface area contributed by atoms with E-state index >= 15 is 0 Å². The van der Waals surface area contributed by atoms with Gasteiger partial charge in [-0.15, -0.1) is 0 Å². The molecule has 0 radical (unpaired) electrons. The molecule has 5 nitrogen and oxygen atoms in total. The molecular weight excluding hydrogens is 328 g/mol. The van der Waals surface area contributed by atoms with Gasteiger partial charge in [0.25, 0.3) is 0 Å². The summed E-state index contributed by atoms with van der Waals surface area (Å²) in [6.07, 6.45) is -0.597. The Morgan fingerprint density at radius 3 is 2.46 bits per heavy atom. The minimum atomic E-state index is -0.841. The summed E-state index contributed by atoms with van der Waals surface area (Å²) in [5.74, 6) is -0.394. The summed E-state index contributed by atoms with van der Waals surface area (Å²) in [4.78, 5) is 12.3. The SMILES string of the molecule is C=C(CC(NNc1ccccc1)C(=O)OCC)C(O)c1ccccc1C. The molecule has 0 aliphatic carbocycles. The van der Waals surface area contributed by atoms with Crippen molar-refractivity contribution in [3.05, 3.63) is 77.9 Å². The molecule has 0 aliphatic rings. The van der Waals surface area contributed by atoms with E-state index in [1.165, 1.54) is 0 Å². The average molecular weight is 354 g/mol. The van der Waals surface area contributed by atoms with Crippen molar-refractivity contribution in [1.29, 1.82) is 0 Å². The summed E-state index contributed by atoms with van der Waals surface area (Å²) < 4.78 is 5.14. The second-order valence-electron chi connectivity index (χ2n) is 6.06. The van der Waals surface area contributed by atoms with Gasteiger partial charge in [-0.3, -0.25) is 4.79 Å². The second-order valence-corrected chi connectivity index (χ2v) is 6.06. The fourth-order valence-corrected chi connectivity index (χ4v) is 2.62. The Hall–Kier alpha value is -2.63. The van der Waals surface area contributed by atoms with Gasteiger partial charge in [-0.25, -0.2) is 5.43 Å². The number of hydrogen-bond donors (Lipinski definition) is 3. The van der Waals surface area contributed by atoms with Crippen LogP contribution in [0, 0.1) is 6.92 Å². The van der Waals surface area contributed by atoms with Crippen LogP contribution in [0.25, 0.3) is 0 Å². The summed E-state index contributed by atoms with van der Waals surface area (Å²) in [6, 6.07) is 16.4. The first kappa shape index (κ1) is 19.7. The number of anilines is 1. The van der Waals surface area contributed by atoms with Crippen molar-refractivity contribution in [1.82, 2.24) is 5.43 Å². The van der Waals surface area contributed by atoms with E-state index in [0.717, 1.165) is 16.8 Å². The number of carbonyl (C=O) groups excluding carboxylic acids is 1. The zero-order valence-electron chi connectivity index (χ0n) is 15.2. The molecule has 0 spiro atoms.